The molecule has 2 bridgehead atoms. The van der Waals surface area contributed by atoms with E-state index in [1.165, 1.54) is 25.7 Å². The van der Waals surface area contributed by atoms with Crippen molar-refractivity contribution in [2.24, 2.45) is 17.3 Å². The minimum atomic E-state index is 0.361. The van der Waals surface area contributed by atoms with Crippen LogP contribution in [-0.2, 0) is 0 Å². The minimum absolute atomic E-state index is 0.361. The maximum absolute atomic E-state index is 6.30. The van der Waals surface area contributed by atoms with Crippen molar-refractivity contribution in [1.29, 1.82) is 0 Å². The molecule has 0 N–H and O–H groups in total. The fourth-order valence-corrected chi connectivity index (χ4v) is 4.72. The number of ether oxygens (including phenoxy) is 1. The quantitative estimate of drug-likeness (QED) is 0.662. The largest absolute Gasteiger partial charge is 0.494 e. The van der Waals surface area contributed by atoms with Gasteiger partial charge in [-0.2, -0.15) is 0 Å². The summed E-state index contributed by atoms with van der Waals surface area (Å²) in [5, 5.41) is 0. The van der Waals surface area contributed by atoms with Crippen molar-refractivity contribution >= 4 is 27.5 Å². The third-order valence-corrected chi connectivity index (χ3v) is 6.11. The molecule has 2 aliphatic carbocycles. The van der Waals surface area contributed by atoms with Crippen LogP contribution in [0.3, 0.4) is 0 Å². The number of alkyl halides is 1. The molecule has 0 amide bonds. The maximum Gasteiger partial charge on any atom is 0.119 e. The number of benzene rings is 1. The molecule has 1 aromatic rings. The predicted molar refractivity (Wildman–Crippen MR) is 82.9 cm³/mol. The highest BCUT2D eigenvalue weighted by atomic mass is 79.9. The molecule has 3 unspecified atom stereocenters. The summed E-state index contributed by atoms with van der Waals surface area (Å²) in [6.45, 7) is 0.789. The van der Waals surface area contributed by atoms with E-state index >= 15 is 0 Å². The van der Waals surface area contributed by atoms with E-state index in [-0.39, 0.29) is 0 Å². The van der Waals surface area contributed by atoms with Crippen molar-refractivity contribution in [2.45, 2.75) is 32.1 Å². The third kappa shape index (κ3) is 2.80. The summed E-state index contributed by atoms with van der Waals surface area (Å²) in [6, 6.07) is 8.06. The van der Waals surface area contributed by atoms with Crippen molar-refractivity contribution in [3.8, 4) is 5.75 Å². The van der Waals surface area contributed by atoms with Gasteiger partial charge in [-0.15, -0.1) is 11.6 Å². The minimum Gasteiger partial charge on any atom is -0.494 e. The Hall–Kier alpha value is -0.210. The molecule has 104 valence electrons. The first-order valence-corrected chi connectivity index (χ1v) is 8.49. The topological polar surface area (TPSA) is 9.23 Å². The number of rotatable bonds is 5. The molecule has 0 radical (unpaired) electrons. The molecule has 3 atom stereocenters. The lowest BCUT2D eigenvalue weighted by Crippen LogP contribution is -2.31. The highest BCUT2D eigenvalue weighted by Gasteiger charge is 2.49. The molecular weight excluding hydrogens is 324 g/mol. The number of halogens is 2. The van der Waals surface area contributed by atoms with Gasteiger partial charge in [0.25, 0.3) is 0 Å². The van der Waals surface area contributed by atoms with E-state index in [9.17, 15) is 0 Å². The van der Waals surface area contributed by atoms with Gasteiger partial charge in [-0.1, -0.05) is 22.4 Å². The number of fused-ring (bicyclic) bond motifs is 2. The van der Waals surface area contributed by atoms with E-state index in [1.54, 1.807) is 0 Å². The van der Waals surface area contributed by atoms with Crippen LogP contribution in [0.4, 0.5) is 0 Å². The van der Waals surface area contributed by atoms with Gasteiger partial charge in [0, 0.05) is 10.4 Å². The molecule has 0 spiro atoms. The van der Waals surface area contributed by atoms with Gasteiger partial charge in [0.05, 0.1) is 6.61 Å². The van der Waals surface area contributed by atoms with Crippen LogP contribution in [0, 0.1) is 17.3 Å². The zero-order valence-corrected chi connectivity index (χ0v) is 13.4. The number of hydrogen-bond acceptors (Lipinski definition) is 1. The Morgan fingerprint density at radius 1 is 1.26 bits per heavy atom. The second-order valence-electron chi connectivity index (χ2n) is 6.13. The lowest BCUT2D eigenvalue weighted by atomic mass is 9.72. The Morgan fingerprint density at radius 2 is 2.05 bits per heavy atom. The predicted octanol–water partition coefficient (Wildman–Crippen LogP) is 5.26. The summed E-state index contributed by atoms with van der Waals surface area (Å²) in [5.41, 5.74) is 0.361. The Bertz CT molecular complexity index is 433. The fraction of sp³-hybridized carbons (Fsp3) is 0.625. The van der Waals surface area contributed by atoms with E-state index in [2.05, 4.69) is 15.9 Å². The van der Waals surface area contributed by atoms with Crippen LogP contribution < -0.4 is 4.74 Å². The van der Waals surface area contributed by atoms with Crippen molar-refractivity contribution in [2.75, 3.05) is 12.5 Å². The van der Waals surface area contributed by atoms with E-state index in [4.69, 9.17) is 16.3 Å². The molecule has 0 aliphatic heterocycles. The molecule has 2 saturated carbocycles. The normalized spacial score (nSPS) is 32.7. The first kappa shape index (κ1) is 13.8. The summed E-state index contributed by atoms with van der Waals surface area (Å²) < 4.78 is 6.97. The monoisotopic (exact) mass is 342 g/mol. The zero-order valence-electron chi connectivity index (χ0n) is 11.1. The van der Waals surface area contributed by atoms with Gasteiger partial charge in [0.15, 0.2) is 0 Å². The van der Waals surface area contributed by atoms with Gasteiger partial charge in [-0.25, -0.2) is 0 Å². The van der Waals surface area contributed by atoms with Crippen LogP contribution in [0.1, 0.15) is 32.1 Å². The van der Waals surface area contributed by atoms with Gasteiger partial charge in [0.2, 0.25) is 0 Å². The second-order valence-corrected chi connectivity index (χ2v) is 7.31. The molecule has 2 fully saturated rings. The Kier molecular flexibility index (Phi) is 4.09. The lowest BCUT2D eigenvalue weighted by Gasteiger charge is -2.36. The van der Waals surface area contributed by atoms with Gasteiger partial charge in [-0.05, 0) is 67.2 Å². The molecule has 1 aromatic carbocycles. The average Bonchev–Trinajstić information content (AvgIpc) is 3.02. The summed E-state index contributed by atoms with van der Waals surface area (Å²) in [5.74, 6) is 3.55. The molecular formula is C16H20BrClO. The Morgan fingerprint density at radius 3 is 2.63 bits per heavy atom. The SMILES string of the molecule is ClCC1(CCOc2ccc(Br)cc2)CC2CCC1C2. The Balaban J connectivity index is 1.55. The van der Waals surface area contributed by atoms with Crippen molar-refractivity contribution in [3.63, 3.8) is 0 Å². The second kappa shape index (κ2) is 5.65. The van der Waals surface area contributed by atoms with Crippen LogP contribution in [-0.4, -0.2) is 12.5 Å². The smallest absolute Gasteiger partial charge is 0.119 e. The Labute approximate surface area is 128 Å². The molecule has 0 saturated heterocycles. The van der Waals surface area contributed by atoms with E-state index < -0.39 is 0 Å². The van der Waals surface area contributed by atoms with E-state index in [0.717, 1.165) is 41.0 Å². The van der Waals surface area contributed by atoms with Crippen molar-refractivity contribution in [1.82, 2.24) is 0 Å². The van der Waals surface area contributed by atoms with E-state index in [0.29, 0.717) is 5.41 Å². The molecule has 3 heteroatoms. The van der Waals surface area contributed by atoms with Crippen LogP contribution in [0.2, 0.25) is 0 Å². The van der Waals surface area contributed by atoms with Crippen LogP contribution in [0.5, 0.6) is 5.75 Å². The standard InChI is InChI=1S/C16H20BrClO/c17-14-3-5-15(6-4-14)19-8-7-16(11-18)10-12-1-2-13(16)9-12/h3-6,12-13H,1-2,7-11H2. The van der Waals surface area contributed by atoms with E-state index in [1.807, 2.05) is 24.3 Å². The molecule has 1 nitrogen and oxygen atoms in total. The van der Waals surface area contributed by atoms with Gasteiger partial charge in [-0.3, -0.25) is 0 Å². The summed E-state index contributed by atoms with van der Waals surface area (Å²) >= 11 is 9.74. The highest BCUT2D eigenvalue weighted by molar-refractivity contribution is 9.10. The molecule has 3 rings (SSSR count). The van der Waals surface area contributed by atoms with Gasteiger partial charge >= 0.3 is 0 Å². The first-order chi connectivity index (χ1) is 9.22. The maximum atomic E-state index is 6.30. The van der Waals surface area contributed by atoms with Crippen LogP contribution in [0.15, 0.2) is 28.7 Å². The lowest BCUT2D eigenvalue weighted by molar-refractivity contribution is 0.141. The van der Waals surface area contributed by atoms with Crippen molar-refractivity contribution in [3.05, 3.63) is 28.7 Å². The summed E-state index contributed by atoms with van der Waals surface area (Å²) in [4.78, 5) is 0. The van der Waals surface area contributed by atoms with Gasteiger partial charge in [0.1, 0.15) is 5.75 Å². The fourth-order valence-electron chi connectivity index (χ4n) is 4.00. The molecule has 2 aliphatic rings. The van der Waals surface area contributed by atoms with Gasteiger partial charge < -0.3 is 4.74 Å². The first-order valence-electron chi connectivity index (χ1n) is 7.16. The molecule has 0 heterocycles. The number of hydrogen-bond donors (Lipinski definition) is 0. The van der Waals surface area contributed by atoms with Crippen molar-refractivity contribution < 1.29 is 4.74 Å². The average molecular weight is 344 g/mol. The molecule has 0 aromatic heterocycles. The van der Waals surface area contributed by atoms with Crippen LogP contribution >= 0.6 is 27.5 Å². The summed E-state index contributed by atoms with van der Waals surface area (Å²) in [6.07, 6.45) is 6.65. The zero-order chi connectivity index (χ0) is 13.3. The van der Waals surface area contributed by atoms with Crippen LogP contribution in [0.25, 0.3) is 0 Å². The summed E-state index contributed by atoms with van der Waals surface area (Å²) in [7, 11) is 0. The highest BCUT2D eigenvalue weighted by Crippen LogP contribution is 2.58. The molecule has 19 heavy (non-hydrogen) atoms. The third-order valence-electron chi connectivity index (χ3n) is 5.05.